The highest BCUT2D eigenvalue weighted by molar-refractivity contribution is 9.08. The molecule has 0 spiro atoms. The smallest absolute Gasteiger partial charge is 0.419 e. The van der Waals surface area contributed by atoms with Crippen LogP contribution < -0.4 is 0 Å². The summed E-state index contributed by atoms with van der Waals surface area (Å²) in [5.74, 6) is 0.921. The van der Waals surface area contributed by atoms with Gasteiger partial charge >= 0.3 is 24.4 Å². The minimum absolute atomic E-state index is 0.128. The summed E-state index contributed by atoms with van der Waals surface area (Å²) in [5, 5.41) is 12.0. The third kappa shape index (κ3) is 14.2. The van der Waals surface area contributed by atoms with Crippen molar-refractivity contribution < 1.29 is 43.2 Å². The number of benzene rings is 2. The van der Waals surface area contributed by atoms with E-state index < -0.39 is 34.6 Å². The molecule has 2 amide bonds. The number of aromatic nitrogens is 2. The normalized spacial score (nSPS) is 14.8. The van der Waals surface area contributed by atoms with Crippen molar-refractivity contribution in [2.45, 2.75) is 169 Å². The zero-order valence-electron chi connectivity index (χ0n) is 40.1. The number of aliphatic hydroxyl groups is 1. The maximum Gasteiger partial charge on any atom is 0.419 e. The molecular weight excluding hydrogens is 880 g/mol. The van der Waals surface area contributed by atoms with E-state index in [0.717, 1.165) is 47.5 Å². The Balaban J connectivity index is 0.000000241. The van der Waals surface area contributed by atoms with Crippen LogP contribution in [0.5, 0.6) is 0 Å². The summed E-state index contributed by atoms with van der Waals surface area (Å²) in [5.41, 5.74) is 2.05. The molecule has 2 aromatic carbocycles. The molecule has 2 aliphatic carbocycles. The molecule has 14 heteroatoms. The van der Waals surface area contributed by atoms with Crippen LogP contribution in [0.1, 0.15) is 144 Å². The van der Waals surface area contributed by atoms with E-state index >= 15 is 0 Å². The second-order valence-corrected chi connectivity index (χ2v) is 21.9. The molecule has 2 aromatic heterocycles. The predicted octanol–water partition coefficient (Wildman–Crippen LogP) is 12.3. The van der Waals surface area contributed by atoms with E-state index in [9.17, 15) is 24.3 Å². The van der Waals surface area contributed by atoms with E-state index in [1.807, 2.05) is 126 Å². The van der Waals surface area contributed by atoms with E-state index in [-0.39, 0.29) is 31.9 Å². The zero-order valence-corrected chi connectivity index (χ0v) is 41.7. The molecule has 0 saturated heterocycles. The lowest BCUT2D eigenvalue weighted by molar-refractivity contribution is 0.0157. The fourth-order valence-electron chi connectivity index (χ4n) is 7.49. The molecule has 352 valence electrons. The second-order valence-electron chi connectivity index (χ2n) is 21.3. The Morgan fingerprint density at radius 1 is 0.578 bits per heavy atom. The lowest BCUT2D eigenvalue weighted by Gasteiger charge is -2.33. The number of carbonyl (C=O) groups is 4. The summed E-state index contributed by atoms with van der Waals surface area (Å²) in [7, 11) is 0. The first kappa shape index (κ1) is 50.4. The number of carbonyl (C=O) groups excluding carboxylic acids is 4. The van der Waals surface area contributed by atoms with E-state index in [1.54, 1.807) is 20.4 Å². The first-order valence-corrected chi connectivity index (χ1v) is 23.7. The minimum atomic E-state index is -0.670. The number of hydrogen-bond donors (Lipinski definition) is 1. The van der Waals surface area contributed by atoms with Gasteiger partial charge in [0.25, 0.3) is 0 Å². The van der Waals surface area contributed by atoms with Gasteiger partial charge in [-0.15, -0.1) is 0 Å². The van der Waals surface area contributed by atoms with Crippen molar-refractivity contribution in [3.8, 4) is 0 Å². The van der Waals surface area contributed by atoms with E-state index in [0.29, 0.717) is 52.7 Å². The molecule has 1 N–H and O–H groups in total. The van der Waals surface area contributed by atoms with Crippen LogP contribution in [0, 0.1) is 11.8 Å². The molecule has 4 aromatic rings. The van der Waals surface area contributed by atoms with Crippen LogP contribution >= 0.6 is 15.9 Å². The third-order valence-electron chi connectivity index (χ3n) is 10.8. The predicted molar refractivity (Wildman–Crippen MR) is 254 cm³/mol. The van der Waals surface area contributed by atoms with Crippen molar-refractivity contribution in [1.82, 2.24) is 18.9 Å². The van der Waals surface area contributed by atoms with Crippen molar-refractivity contribution in [2.24, 2.45) is 11.8 Å². The van der Waals surface area contributed by atoms with Gasteiger partial charge in [-0.3, -0.25) is 0 Å². The Bertz CT molecular complexity index is 2120. The Hall–Kier alpha value is -4.56. The van der Waals surface area contributed by atoms with Crippen molar-refractivity contribution in [1.29, 1.82) is 0 Å². The fraction of sp³-hybridized carbons (Fsp3) is 0.600. The number of halogens is 1. The molecule has 0 atom stereocenters. The molecule has 6 rings (SSSR count). The maximum atomic E-state index is 13.2. The summed E-state index contributed by atoms with van der Waals surface area (Å²) in [6.45, 7) is 23.7. The number of fused-ring (bicyclic) bond motifs is 2. The highest BCUT2D eigenvalue weighted by Crippen LogP contribution is 2.32. The van der Waals surface area contributed by atoms with Crippen LogP contribution in [-0.4, -0.2) is 83.9 Å². The lowest BCUT2D eigenvalue weighted by Crippen LogP contribution is -2.41. The van der Waals surface area contributed by atoms with Crippen LogP contribution in [0.3, 0.4) is 0 Å². The van der Waals surface area contributed by atoms with Gasteiger partial charge in [0, 0.05) is 40.6 Å². The molecule has 13 nitrogen and oxygen atoms in total. The molecule has 2 saturated carbocycles. The monoisotopic (exact) mass is 950 g/mol. The summed E-state index contributed by atoms with van der Waals surface area (Å²) in [6, 6.07) is 15.4. The maximum absolute atomic E-state index is 13.2. The topological polar surface area (TPSA) is 142 Å². The summed E-state index contributed by atoms with van der Waals surface area (Å²) in [4.78, 5) is 55.9. The van der Waals surface area contributed by atoms with Gasteiger partial charge in [-0.05, 0) is 156 Å². The van der Waals surface area contributed by atoms with Gasteiger partial charge in [-0.1, -0.05) is 53.0 Å². The fourth-order valence-corrected chi connectivity index (χ4v) is 7.84. The van der Waals surface area contributed by atoms with Gasteiger partial charge in [0.15, 0.2) is 0 Å². The minimum Gasteiger partial charge on any atom is -0.444 e. The number of rotatable bonds is 10. The molecule has 0 bridgehead atoms. The molecule has 2 aliphatic rings. The summed E-state index contributed by atoms with van der Waals surface area (Å²) < 4.78 is 25.8. The van der Waals surface area contributed by atoms with Crippen molar-refractivity contribution in [3.63, 3.8) is 0 Å². The number of ether oxygens (including phenoxy) is 4. The molecular formula is C50H71BrN4O9. The van der Waals surface area contributed by atoms with Crippen LogP contribution in [0.4, 0.5) is 19.2 Å². The number of hydrogen-bond acceptors (Lipinski definition) is 9. The number of alkyl halides is 1. The average Bonchev–Trinajstić information content (AvgIpc) is 3.67. The first-order valence-electron chi connectivity index (χ1n) is 22.6. The summed E-state index contributed by atoms with van der Waals surface area (Å²) >= 11 is 3.49. The van der Waals surface area contributed by atoms with E-state index in [4.69, 9.17) is 18.9 Å². The number of nitrogens with zero attached hydrogens (tertiary/aromatic N) is 4. The summed E-state index contributed by atoms with van der Waals surface area (Å²) in [6.07, 6.45) is 5.09. The third-order valence-corrected chi connectivity index (χ3v) is 11.4. The van der Waals surface area contributed by atoms with Crippen molar-refractivity contribution >= 4 is 62.1 Å². The first-order chi connectivity index (χ1) is 29.7. The van der Waals surface area contributed by atoms with E-state index in [2.05, 4.69) is 15.9 Å². The SMILES string of the molecule is CC(C)(C)OC(=O)N(Cc1cc2ccc(CBr)cc2n1C(=O)OC(C)(C)C)CC1CCC1.CC(C)(C)OC(=O)N(Cc1cc2ccc(CO)cc2n1C(=O)OC(C)(C)C)CC1CCC1. The Morgan fingerprint density at radius 3 is 1.25 bits per heavy atom. The Kier molecular flexibility index (Phi) is 16.0. The molecule has 0 unspecified atom stereocenters. The van der Waals surface area contributed by atoms with Crippen molar-refractivity contribution in [3.05, 3.63) is 71.0 Å². The van der Waals surface area contributed by atoms with Gasteiger partial charge in [-0.2, -0.15) is 0 Å². The largest absolute Gasteiger partial charge is 0.444 e. The van der Waals surface area contributed by atoms with Crippen molar-refractivity contribution in [2.75, 3.05) is 13.1 Å². The standard InChI is InChI=1S/C25H35BrN2O4.C25H36N2O5/c1-24(2,3)31-22(29)27(15-17-8-7-9-17)16-20-13-19-11-10-18(14-26)12-21(19)28(20)23(30)32-25(4,5)6;1-24(2,3)31-22(29)26(14-17-8-7-9-17)15-20-13-19-11-10-18(16-28)12-21(19)27(20)23(30)32-25(4,5)6/h10-13,17H,7-9,14-16H2,1-6H3;10-13,17,28H,7-9,14-16H2,1-6H3. The highest BCUT2D eigenvalue weighted by Gasteiger charge is 2.32. The van der Waals surface area contributed by atoms with Crippen LogP contribution in [0.15, 0.2) is 48.5 Å². The quantitative estimate of drug-likeness (QED) is 0.121. The molecule has 0 aliphatic heterocycles. The van der Waals surface area contributed by atoms with Gasteiger partial charge in [0.1, 0.15) is 22.4 Å². The zero-order chi connectivity index (χ0) is 47.4. The molecule has 2 fully saturated rings. The highest BCUT2D eigenvalue weighted by atomic mass is 79.9. The number of amides is 2. The van der Waals surface area contributed by atoms with Gasteiger partial charge in [0.2, 0.25) is 0 Å². The molecule has 2 heterocycles. The van der Waals surface area contributed by atoms with Crippen LogP contribution in [0.2, 0.25) is 0 Å². The lowest BCUT2D eigenvalue weighted by atomic mass is 9.85. The number of aliphatic hydroxyl groups excluding tert-OH is 1. The van der Waals surface area contributed by atoms with Crippen LogP contribution in [0.25, 0.3) is 21.8 Å². The Morgan fingerprint density at radius 2 is 0.938 bits per heavy atom. The Labute approximate surface area is 387 Å². The van der Waals surface area contributed by atoms with Crippen LogP contribution in [-0.2, 0) is 44.0 Å². The second kappa shape index (κ2) is 20.3. The van der Waals surface area contributed by atoms with Gasteiger partial charge < -0.3 is 33.9 Å². The average molecular weight is 952 g/mol. The molecule has 0 radical (unpaired) electrons. The van der Waals surface area contributed by atoms with Gasteiger partial charge in [-0.25, -0.2) is 28.3 Å². The van der Waals surface area contributed by atoms with E-state index in [1.165, 1.54) is 17.4 Å². The van der Waals surface area contributed by atoms with Gasteiger partial charge in [0.05, 0.1) is 30.7 Å². The molecule has 64 heavy (non-hydrogen) atoms.